The molecule has 0 atom stereocenters. The highest BCUT2D eigenvalue weighted by Crippen LogP contribution is 2.59. The van der Waals surface area contributed by atoms with Gasteiger partial charge in [-0.05, 0) is 37.8 Å². The molecule has 1 saturated heterocycles. The van der Waals surface area contributed by atoms with Gasteiger partial charge in [-0.2, -0.15) is 0 Å². The molecule has 0 bridgehead atoms. The lowest BCUT2D eigenvalue weighted by molar-refractivity contribution is -0.160. The fourth-order valence-electron chi connectivity index (χ4n) is 5.07. The Kier molecular flexibility index (Phi) is 5.39. The van der Waals surface area contributed by atoms with E-state index in [-0.39, 0.29) is 41.0 Å². The van der Waals surface area contributed by atoms with Gasteiger partial charge in [0.15, 0.2) is 0 Å². The van der Waals surface area contributed by atoms with Gasteiger partial charge in [0.2, 0.25) is 0 Å². The van der Waals surface area contributed by atoms with E-state index < -0.39 is 0 Å². The zero-order valence-corrected chi connectivity index (χ0v) is 18.4. The number of benzene rings is 1. The summed E-state index contributed by atoms with van der Waals surface area (Å²) in [6, 6.07) is 3.04. The van der Waals surface area contributed by atoms with Crippen molar-refractivity contribution in [3.8, 4) is 11.5 Å². The quantitative estimate of drug-likeness (QED) is 0.387. The molecule has 2 N–H and O–H groups in total. The molecule has 30 heavy (non-hydrogen) atoms. The maximum atomic E-state index is 13.6. The minimum atomic E-state index is -0.209. The zero-order valence-electron chi connectivity index (χ0n) is 16.8. The summed E-state index contributed by atoms with van der Waals surface area (Å²) in [6.45, 7) is 0. The molecule has 2 saturated carbocycles. The van der Waals surface area contributed by atoms with Crippen molar-refractivity contribution in [1.82, 2.24) is 10.0 Å². The van der Waals surface area contributed by atoms with Crippen molar-refractivity contribution in [1.29, 1.82) is 0 Å². The number of thioether (sulfide) groups is 2. The van der Waals surface area contributed by atoms with Gasteiger partial charge in [-0.25, -0.2) is 10.0 Å². The van der Waals surface area contributed by atoms with Gasteiger partial charge in [0, 0.05) is 0 Å². The third-order valence-corrected chi connectivity index (χ3v) is 9.22. The molecule has 1 aromatic carbocycles. The number of aromatic hydroxyl groups is 2. The molecule has 2 aliphatic carbocycles. The van der Waals surface area contributed by atoms with E-state index in [1.165, 1.54) is 48.5 Å². The number of fused-ring (bicyclic) bond motifs is 1. The Morgan fingerprint density at radius 3 is 1.50 bits per heavy atom. The lowest BCUT2D eigenvalue weighted by atomic mass is 9.93. The van der Waals surface area contributed by atoms with Crippen LogP contribution >= 0.6 is 23.5 Å². The molecule has 2 heterocycles. The molecule has 0 aromatic heterocycles. The van der Waals surface area contributed by atoms with Crippen molar-refractivity contribution in [2.24, 2.45) is 0 Å². The molecule has 6 nitrogen and oxygen atoms in total. The first-order chi connectivity index (χ1) is 14.6. The molecule has 4 aliphatic rings. The number of phenolic OH excluding ortho intramolecular Hbond substituents is 2. The van der Waals surface area contributed by atoms with Gasteiger partial charge in [0.25, 0.3) is 11.8 Å². The fourth-order valence-corrected chi connectivity index (χ4v) is 7.65. The van der Waals surface area contributed by atoms with Crippen molar-refractivity contribution in [3.63, 3.8) is 0 Å². The van der Waals surface area contributed by atoms with Crippen LogP contribution in [0.3, 0.4) is 0 Å². The van der Waals surface area contributed by atoms with Gasteiger partial charge >= 0.3 is 0 Å². The van der Waals surface area contributed by atoms with Crippen LogP contribution in [0.15, 0.2) is 31.7 Å². The van der Waals surface area contributed by atoms with Crippen LogP contribution in [0.4, 0.5) is 0 Å². The first-order valence-electron chi connectivity index (χ1n) is 10.9. The van der Waals surface area contributed by atoms with Gasteiger partial charge < -0.3 is 10.2 Å². The van der Waals surface area contributed by atoms with Crippen molar-refractivity contribution in [2.45, 2.75) is 86.1 Å². The molecule has 160 valence electrons. The molecule has 0 radical (unpaired) electrons. The average Bonchev–Trinajstić information content (AvgIpc) is 3.32. The molecular weight excluding hydrogens is 420 g/mol. The molecule has 0 spiro atoms. The van der Waals surface area contributed by atoms with Gasteiger partial charge in [-0.15, -0.1) is 0 Å². The minimum Gasteiger partial charge on any atom is -0.507 e. The van der Waals surface area contributed by atoms with Crippen LogP contribution < -0.4 is 0 Å². The predicted octanol–water partition coefficient (Wildman–Crippen LogP) is 4.76. The summed E-state index contributed by atoms with van der Waals surface area (Å²) >= 11 is 2.43. The van der Waals surface area contributed by atoms with Crippen LogP contribution in [0.5, 0.6) is 11.5 Å². The first-order valence-corrected chi connectivity index (χ1v) is 12.5. The highest BCUT2D eigenvalue weighted by atomic mass is 32.2. The highest BCUT2D eigenvalue weighted by molar-refractivity contribution is 8.25. The summed E-state index contributed by atoms with van der Waals surface area (Å²) in [6.07, 6.45) is 10.5. The summed E-state index contributed by atoms with van der Waals surface area (Å²) in [7, 11) is 0. The van der Waals surface area contributed by atoms with E-state index in [2.05, 4.69) is 0 Å². The Labute approximate surface area is 184 Å². The van der Waals surface area contributed by atoms with Gasteiger partial charge in [0.05, 0.1) is 26.1 Å². The summed E-state index contributed by atoms with van der Waals surface area (Å²) < 4.78 is 0.566. The Hall–Kier alpha value is -1.80. The Morgan fingerprint density at radius 2 is 1.10 bits per heavy atom. The predicted molar refractivity (Wildman–Crippen MR) is 116 cm³/mol. The van der Waals surface area contributed by atoms with Crippen LogP contribution in [-0.4, -0.2) is 44.1 Å². The lowest BCUT2D eigenvalue weighted by Gasteiger charge is -2.41. The Morgan fingerprint density at radius 1 is 0.700 bits per heavy atom. The summed E-state index contributed by atoms with van der Waals surface area (Å²) in [5, 5.41) is 24.0. The van der Waals surface area contributed by atoms with E-state index >= 15 is 0 Å². The van der Waals surface area contributed by atoms with E-state index in [9.17, 15) is 19.8 Å². The zero-order chi connectivity index (χ0) is 20.8. The summed E-state index contributed by atoms with van der Waals surface area (Å²) in [4.78, 5) is 28.3. The van der Waals surface area contributed by atoms with Crippen LogP contribution in [0, 0.1) is 0 Å². The van der Waals surface area contributed by atoms with Crippen LogP contribution in [-0.2, 0) is 9.59 Å². The van der Waals surface area contributed by atoms with E-state index in [0.717, 1.165) is 51.4 Å². The van der Waals surface area contributed by atoms with E-state index in [4.69, 9.17) is 0 Å². The van der Waals surface area contributed by atoms with Crippen molar-refractivity contribution in [2.75, 3.05) is 0 Å². The van der Waals surface area contributed by atoms with E-state index in [1.54, 1.807) is 10.0 Å². The number of hydrogen-bond acceptors (Lipinski definition) is 6. The molecule has 0 unspecified atom stereocenters. The number of carbonyl (C=O) groups is 2. The smallest absolute Gasteiger partial charge is 0.280 e. The van der Waals surface area contributed by atoms with Crippen LogP contribution in [0.2, 0.25) is 0 Å². The van der Waals surface area contributed by atoms with Crippen LogP contribution in [0.1, 0.15) is 64.2 Å². The fraction of sp³-hybridized carbons (Fsp3) is 0.545. The SMILES string of the molecule is O=C1C(=C2Sc3c(O)ccc(O)c3S2)C(=O)N(C2CCCCC2)N1C1CCCCC1. The molecule has 1 aromatic rings. The van der Waals surface area contributed by atoms with Gasteiger partial charge in [-0.1, -0.05) is 62.0 Å². The summed E-state index contributed by atoms with van der Waals surface area (Å²) in [5.74, 6) is -0.303. The normalized spacial score (nSPS) is 23.6. The van der Waals surface area contributed by atoms with E-state index in [0.29, 0.717) is 14.0 Å². The largest absolute Gasteiger partial charge is 0.507 e. The summed E-state index contributed by atoms with van der Waals surface area (Å²) in [5.41, 5.74) is 0.205. The lowest BCUT2D eigenvalue weighted by Crippen LogP contribution is -2.53. The minimum absolute atomic E-state index is 0.0575. The van der Waals surface area contributed by atoms with Crippen molar-refractivity contribution < 1.29 is 19.8 Å². The van der Waals surface area contributed by atoms with Crippen molar-refractivity contribution >= 4 is 35.3 Å². The van der Waals surface area contributed by atoms with Crippen molar-refractivity contribution in [3.05, 3.63) is 21.9 Å². The third-order valence-electron chi connectivity index (χ3n) is 6.58. The maximum absolute atomic E-state index is 13.6. The number of carbonyl (C=O) groups excluding carboxylic acids is 2. The van der Waals surface area contributed by atoms with E-state index in [1.807, 2.05) is 0 Å². The molecule has 5 rings (SSSR count). The number of rotatable bonds is 2. The number of hydrazine groups is 1. The second-order valence-electron chi connectivity index (χ2n) is 8.51. The van der Waals surface area contributed by atoms with Gasteiger partial charge in [0.1, 0.15) is 17.1 Å². The number of nitrogens with zero attached hydrogens (tertiary/aromatic N) is 2. The molecule has 2 aliphatic heterocycles. The third kappa shape index (κ3) is 3.28. The monoisotopic (exact) mass is 446 g/mol. The molecule has 8 heteroatoms. The average molecular weight is 447 g/mol. The molecule has 3 fully saturated rings. The van der Waals surface area contributed by atoms with Crippen LogP contribution in [0.25, 0.3) is 0 Å². The number of hydrogen-bond donors (Lipinski definition) is 2. The molecule has 2 amide bonds. The second kappa shape index (κ2) is 8.04. The Bertz CT molecular complexity index is 849. The standard InChI is InChI=1S/C22H26N2O4S2/c25-15-11-12-16(26)19-18(15)29-22(30-19)17-20(27)23(13-7-3-1-4-8-13)24(21(17)28)14-9-5-2-6-10-14/h11-14,25-26H,1-10H2. The van der Waals surface area contributed by atoms with Gasteiger partial charge in [-0.3, -0.25) is 9.59 Å². The Balaban J connectivity index is 1.54. The number of phenols is 2. The first kappa shape index (κ1) is 20.1. The maximum Gasteiger partial charge on any atom is 0.280 e. The highest BCUT2D eigenvalue weighted by Gasteiger charge is 2.50. The second-order valence-corrected chi connectivity index (χ2v) is 10.8. The topological polar surface area (TPSA) is 81.1 Å². The number of amides is 2. The molecular formula is C22H26N2O4S2.